The van der Waals surface area contributed by atoms with Gasteiger partial charge in [0.2, 0.25) is 11.7 Å². The summed E-state index contributed by atoms with van der Waals surface area (Å²) in [6.45, 7) is 2.29. The van der Waals surface area contributed by atoms with Gasteiger partial charge in [-0.15, -0.1) is 0 Å². The van der Waals surface area contributed by atoms with Gasteiger partial charge >= 0.3 is 6.03 Å². The maximum atomic E-state index is 11.4. The highest BCUT2D eigenvalue weighted by atomic mass is 16.5. The van der Waals surface area contributed by atoms with Crippen molar-refractivity contribution >= 4 is 6.03 Å². The number of hydrogen-bond donors (Lipinski definition) is 1. The maximum Gasteiger partial charge on any atom is 0.317 e. The molecule has 0 aliphatic rings. The number of hydrogen-bond acceptors (Lipinski definition) is 4. The van der Waals surface area contributed by atoms with E-state index < -0.39 is 0 Å². The predicted molar refractivity (Wildman–Crippen MR) is 70.4 cm³/mol. The zero-order valence-corrected chi connectivity index (χ0v) is 11.2. The molecule has 6 heteroatoms. The Morgan fingerprint density at radius 3 is 2.68 bits per heavy atom. The van der Waals surface area contributed by atoms with Gasteiger partial charge in [-0.1, -0.05) is 35.0 Å². The molecule has 0 saturated heterocycles. The fourth-order valence-corrected chi connectivity index (χ4v) is 1.60. The molecule has 1 aromatic carbocycles. The Balaban J connectivity index is 2.11. The number of aromatic nitrogens is 2. The summed E-state index contributed by atoms with van der Waals surface area (Å²) in [6.07, 6.45) is 0. The van der Waals surface area contributed by atoms with Crippen LogP contribution in [-0.2, 0) is 6.54 Å². The molecule has 2 aromatic rings. The Morgan fingerprint density at radius 1 is 1.37 bits per heavy atom. The van der Waals surface area contributed by atoms with Crippen LogP contribution in [0.25, 0.3) is 11.4 Å². The van der Waals surface area contributed by atoms with Crippen molar-refractivity contribution in [1.82, 2.24) is 20.4 Å². The smallest absolute Gasteiger partial charge is 0.317 e. The van der Waals surface area contributed by atoms with Crippen molar-refractivity contribution < 1.29 is 9.32 Å². The third kappa shape index (κ3) is 3.09. The van der Waals surface area contributed by atoms with Crippen molar-refractivity contribution in [3.63, 3.8) is 0 Å². The number of amides is 2. The van der Waals surface area contributed by atoms with Crippen molar-refractivity contribution in [2.24, 2.45) is 0 Å². The Hall–Kier alpha value is -2.37. The van der Waals surface area contributed by atoms with E-state index in [4.69, 9.17) is 4.52 Å². The van der Waals surface area contributed by atoms with E-state index >= 15 is 0 Å². The summed E-state index contributed by atoms with van der Waals surface area (Å²) in [5, 5.41) is 6.44. The highest BCUT2D eigenvalue weighted by molar-refractivity contribution is 5.73. The zero-order chi connectivity index (χ0) is 13.8. The quantitative estimate of drug-likeness (QED) is 0.913. The summed E-state index contributed by atoms with van der Waals surface area (Å²) in [5.74, 6) is 0.932. The molecule has 0 saturated carbocycles. The molecule has 1 aromatic heterocycles. The summed E-state index contributed by atoms with van der Waals surface area (Å²) in [6, 6.07) is 7.65. The molecule has 0 aliphatic carbocycles. The highest BCUT2D eigenvalue weighted by Gasteiger charge is 2.13. The maximum absolute atomic E-state index is 11.4. The molecule has 100 valence electrons. The van der Waals surface area contributed by atoms with Crippen molar-refractivity contribution in [3.05, 3.63) is 35.7 Å². The highest BCUT2D eigenvalue weighted by Crippen LogP contribution is 2.16. The van der Waals surface area contributed by atoms with Gasteiger partial charge in [0.15, 0.2) is 0 Å². The summed E-state index contributed by atoms with van der Waals surface area (Å²) in [4.78, 5) is 17.1. The van der Waals surface area contributed by atoms with Crippen molar-refractivity contribution in [2.75, 3.05) is 14.1 Å². The van der Waals surface area contributed by atoms with Crippen molar-refractivity contribution in [2.45, 2.75) is 13.5 Å². The molecule has 6 nitrogen and oxygen atoms in total. The fraction of sp³-hybridized carbons (Fsp3) is 0.308. The van der Waals surface area contributed by atoms with Crippen LogP contribution in [0.5, 0.6) is 0 Å². The molecule has 0 fully saturated rings. The van der Waals surface area contributed by atoms with Gasteiger partial charge in [-0.3, -0.25) is 0 Å². The Morgan fingerprint density at radius 2 is 2.05 bits per heavy atom. The minimum Gasteiger partial charge on any atom is -0.341 e. The second kappa shape index (κ2) is 5.51. The number of aryl methyl sites for hydroxylation is 1. The molecule has 0 unspecified atom stereocenters. The molecule has 0 spiro atoms. The van der Waals surface area contributed by atoms with E-state index in [2.05, 4.69) is 15.5 Å². The molecular weight excluding hydrogens is 244 g/mol. The van der Waals surface area contributed by atoms with E-state index in [1.807, 2.05) is 31.2 Å². The largest absolute Gasteiger partial charge is 0.341 e. The number of nitrogens with one attached hydrogen (secondary N) is 1. The lowest BCUT2D eigenvalue weighted by molar-refractivity contribution is 0.202. The van der Waals surface area contributed by atoms with Gasteiger partial charge in [0.25, 0.3) is 0 Å². The van der Waals surface area contributed by atoms with E-state index in [9.17, 15) is 4.79 Å². The van der Waals surface area contributed by atoms with Crippen LogP contribution in [0.2, 0.25) is 0 Å². The second-order valence-corrected chi connectivity index (χ2v) is 4.29. The standard InChI is InChI=1S/C13H16N4O2/c1-9-4-6-10(7-5-9)12-15-11(19-16-12)8-17(3)13(18)14-2/h4-7H,8H2,1-3H3,(H,14,18). The van der Waals surface area contributed by atoms with Crippen LogP contribution in [-0.4, -0.2) is 35.2 Å². The molecule has 0 atom stereocenters. The van der Waals surface area contributed by atoms with Gasteiger partial charge in [0.05, 0.1) is 0 Å². The molecule has 1 N–H and O–H groups in total. The molecule has 19 heavy (non-hydrogen) atoms. The average molecular weight is 260 g/mol. The number of carbonyl (C=O) groups excluding carboxylic acids is 1. The Labute approximate surface area is 111 Å². The van der Waals surface area contributed by atoms with Gasteiger partial charge in [-0.25, -0.2) is 4.79 Å². The first kappa shape index (κ1) is 13.1. The van der Waals surface area contributed by atoms with Gasteiger partial charge in [-0.05, 0) is 6.92 Å². The molecular formula is C13H16N4O2. The van der Waals surface area contributed by atoms with Crippen LogP contribution in [0.3, 0.4) is 0 Å². The summed E-state index contributed by atoms with van der Waals surface area (Å²) >= 11 is 0. The van der Waals surface area contributed by atoms with E-state index in [0.29, 0.717) is 11.7 Å². The topological polar surface area (TPSA) is 71.3 Å². The molecule has 2 rings (SSSR count). The second-order valence-electron chi connectivity index (χ2n) is 4.29. The molecule has 2 amide bonds. The molecule has 0 aliphatic heterocycles. The number of benzene rings is 1. The zero-order valence-electron chi connectivity index (χ0n) is 11.2. The normalized spacial score (nSPS) is 10.3. The first-order valence-corrected chi connectivity index (χ1v) is 5.92. The van der Waals surface area contributed by atoms with Gasteiger partial charge in [0.1, 0.15) is 6.54 Å². The fourth-order valence-electron chi connectivity index (χ4n) is 1.60. The summed E-state index contributed by atoms with van der Waals surface area (Å²) < 4.78 is 5.13. The molecule has 0 bridgehead atoms. The van der Waals surface area contributed by atoms with Gasteiger partial charge in [0, 0.05) is 19.7 Å². The minimum atomic E-state index is -0.199. The SMILES string of the molecule is CNC(=O)N(C)Cc1nc(-c2ccc(C)cc2)no1. The molecule has 1 heterocycles. The number of carbonyl (C=O) groups is 1. The van der Waals surface area contributed by atoms with Crippen LogP contribution in [0, 0.1) is 6.92 Å². The van der Waals surface area contributed by atoms with E-state index in [0.717, 1.165) is 5.56 Å². The summed E-state index contributed by atoms with van der Waals surface area (Å²) in [5.41, 5.74) is 2.06. The van der Waals surface area contributed by atoms with Crippen LogP contribution >= 0.6 is 0 Å². The minimum absolute atomic E-state index is 0.199. The summed E-state index contributed by atoms with van der Waals surface area (Å²) in [7, 11) is 3.24. The van der Waals surface area contributed by atoms with Crippen LogP contribution in [0.1, 0.15) is 11.5 Å². The van der Waals surface area contributed by atoms with Crippen molar-refractivity contribution in [1.29, 1.82) is 0 Å². The van der Waals surface area contributed by atoms with Crippen molar-refractivity contribution in [3.8, 4) is 11.4 Å². The first-order chi connectivity index (χ1) is 9.10. The van der Waals surface area contributed by atoms with Gasteiger partial charge in [-0.2, -0.15) is 4.98 Å². The number of urea groups is 1. The lowest BCUT2D eigenvalue weighted by atomic mass is 10.1. The van der Waals surface area contributed by atoms with Crippen LogP contribution in [0.15, 0.2) is 28.8 Å². The predicted octanol–water partition coefficient (Wildman–Crippen LogP) is 1.82. The third-order valence-electron chi connectivity index (χ3n) is 2.71. The lowest BCUT2D eigenvalue weighted by Crippen LogP contribution is -2.34. The Bertz CT molecular complexity index is 562. The monoisotopic (exact) mass is 260 g/mol. The van der Waals surface area contributed by atoms with Gasteiger partial charge < -0.3 is 14.7 Å². The number of rotatable bonds is 3. The van der Waals surface area contributed by atoms with E-state index in [-0.39, 0.29) is 12.6 Å². The average Bonchev–Trinajstić information content (AvgIpc) is 2.87. The Kier molecular flexibility index (Phi) is 3.79. The number of nitrogens with zero attached hydrogens (tertiary/aromatic N) is 3. The first-order valence-electron chi connectivity index (χ1n) is 5.92. The lowest BCUT2D eigenvalue weighted by Gasteiger charge is -2.12. The van der Waals surface area contributed by atoms with E-state index in [1.54, 1.807) is 14.1 Å². The third-order valence-corrected chi connectivity index (χ3v) is 2.71. The van der Waals surface area contributed by atoms with Crippen LogP contribution < -0.4 is 5.32 Å². The van der Waals surface area contributed by atoms with Crippen LogP contribution in [0.4, 0.5) is 4.79 Å². The molecule has 0 radical (unpaired) electrons. The van der Waals surface area contributed by atoms with E-state index in [1.165, 1.54) is 10.5 Å².